The highest BCUT2D eigenvalue weighted by Gasteiger charge is 2.15. The van der Waals surface area contributed by atoms with Gasteiger partial charge >= 0.3 is 12.1 Å². The molecule has 8 nitrogen and oxygen atoms in total. The van der Waals surface area contributed by atoms with Crippen LogP contribution >= 0.6 is 24.0 Å². The van der Waals surface area contributed by atoms with Crippen LogP contribution in [-0.4, -0.2) is 57.4 Å². The predicted molar refractivity (Wildman–Crippen MR) is 114 cm³/mol. The summed E-state index contributed by atoms with van der Waals surface area (Å²) >= 11 is 0. The zero-order valence-electron chi connectivity index (χ0n) is 16.6. The first-order valence-electron chi connectivity index (χ1n) is 8.76. The summed E-state index contributed by atoms with van der Waals surface area (Å²) in [5.41, 5.74) is -0.494. The molecule has 0 aliphatic rings. The molecule has 154 valence electrons. The van der Waals surface area contributed by atoms with Gasteiger partial charge in [0.1, 0.15) is 5.60 Å². The lowest BCUT2D eigenvalue weighted by Crippen LogP contribution is -2.42. The Morgan fingerprint density at radius 1 is 0.923 bits per heavy atom. The molecule has 0 aliphatic heterocycles. The van der Waals surface area contributed by atoms with Crippen molar-refractivity contribution in [3.8, 4) is 0 Å². The number of unbranched alkanes of at least 4 members (excludes halogenated alkanes) is 3. The first-order valence-corrected chi connectivity index (χ1v) is 8.76. The number of halogens is 1. The van der Waals surface area contributed by atoms with Crippen LogP contribution < -0.4 is 16.0 Å². The van der Waals surface area contributed by atoms with E-state index in [0.29, 0.717) is 25.5 Å². The minimum atomic E-state index is -0.494. The molecule has 0 aromatic heterocycles. The van der Waals surface area contributed by atoms with E-state index in [4.69, 9.17) is 4.74 Å². The fourth-order valence-corrected chi connectivity index (χ4v) is 1.94. The number of nitrogens with zero attached hydrogens (tertiary/aromatic N) is 1. The molecule has 0 aliphatic carbocycles. The largest absolute Gasteiger partial charge is 0.469 e. The summed E-state index contributed by atoms with van der Waals surface area (Å²) < 4.78 is 9.75. The van der Waals surface area contributed by atoms with Crippen LogP contribution in [0.1, 0.15) is 52.9 Å². The van der Waals surface area contributed by atoms with E-state index in [1.54, 1.807) is 7.05 Å². The highest BCUT2D eigenvalue weighted by atomic mass is 127. The molecule has 0 rings (SSSR count). The van der Waals surface area contributed by atoms with Gasteiger partial charge in [0.05, 0.1) is 7.11 Å². The number of guanidine groups is 1. The van der Waals surface area contributed by atoms with E-state index in [1.165, 1.54) is 7.11 Å². The Bertz CT molecular complexity index is 425. The quantitative estimate of drug-likeness (QED) is 0.144. The summed E-state index contributed by atoms with van der Waals surface area (Å²) in [6.45, 7) is 7.28. The third-order valence-electron chi connectivity index (χ3n) is 3.14. The Labute approximate surface area is 174 Å². The fraction of sp³-hybridized carbons (Fsp3) is 0.824. The van der Waals surface area contributed by atoms with Crippen molar-refractivity contribution in [2.45, 2.75) is 58.5 Å². The standard InChI is InChI=1S/C17H34N4O4.HI/c1-17(2,3)25-16(23)21-13-12-20-15(18-4)19-11-9-7-6-8-10-14(22)24-5;/h6-13H2,1-5H3,(H,21,23)(H2,18,19,20);1H. The Morgan fingerprint density at radius 2 is 1.50 bits per heavy atom. The van der Waals surface area contributed by atoms with Gasteiger partial charge in [0.15, 0.2) is 5.96 Å². The van der Waals surface area contributed by atoms with Gasteiger partial charge in [-0.05, 0) is 33.6 Å². The van der Waals surface area contributed by atoms with Gasteiger partial charge in [-0.1, -0.05) is 12.8 Å². The van der Waals surface area contributed by atoms with Crippen molar-refractivity contribution in [2.24, 2.45) is 4.99 Å². The summed E-state index contributed by atoms with van der Waals surface area (Å²) in [4.78, 5) is 26.6. The van der Waals surface area contributed by atoms with E-state index in [-0.39, 0.29) is 29.9 Å². The minimum absolute atomic E-state index is 0. The molecule has 0 saturated heterocycles. The number of carbonyl (C=O) groups is 2. The van der Waals surface area contributed by atoms with Crippen molar-refractivity contribution in [2.75, 3.05) is 33.8 Å². The minimum Gasteiger partial charge on any atom is -0.469 e. The molecule has 1 amide bonds. The maximum absolute atomic E-state index is 11.5. The van der Waals surface area contributed by atoms with E-state index in [1.807, 2.05) is 20.8 Å². The summed E-state index contributed by atoms with van der Waals surface area (Å²) in [6.07, 6.45) is 3.96. The average molecular weight is 486 g/mol. The third kappa shape index (κ3) is 17.6. The van der Waals surface area contributed by atoms with E-state index in [9.17, 15) is 9.59 Å². The summed E-state index contributed by atoms with van der Waals surface area (Å²) in [5.74, 6) is 0.545. The highest BCUT2D eigenvalue weighted by molar-refractivity contribution is 14.0. The molecule has 0 radical (unpaired) electrons. The molecule has 0 bridgehead atoms. The lowest BCUT2D eigenvalue weighted by Gasteiger charge is -2.19. The van der Waals surface area contributed by atoms with Crippen molar-refractivity contribution in [3.63, 3.8) is 0 Å². The zero-order valence-corrected chi connectivity index (χ0v) is 19.0. The van der Waals surface area contributed by atoms with Gasteiger partial charge in [0, 0.05) is 33.1 Å². The first-order chi connectivity index (χ1) is 11.8. The van der Waals surface area contributed by atoms with Crippen LogP contribution in [0.4, 0.5) is 4.79 Å². The van der Waals surface area contributed by atoms with Gasteiger partial charge in [0.2, 0.25) is 0 Å². The third-order valence-corrected chi connectivity index (χ3v) is 3.14. The number of aliphatic imine (C=N–C) groups is 1. The maximum atomic E-state index is 11.5. The van der Waals surface area contributed by atoms with Crippen LogP contribution in [0.25, 0.3) is 0 Å². The molecule has 9 heteroatoms. The number of alkyl carbamates (subject to hydrolysis) is 1. The molecular weight excluding hydrogens is 451 g/mol. The average Bonchev–Trinajstić information content (AvgIpc) is 2.53. The van der Waals surface area contributed by atoms with Crippen molar-refractivity contribution < 1.29 is 19.1 Å². The number of hydrogen-bond acceptors (Lipinski definition) is 5. The summed E-state index contributed by atoms with van der Waals surface area (Å²) in [5, 5.41) is 9.01. The first kappa shape index (κ1) is 27.0. The summed E-state index contributed by atoms with van der Waals surface area (Å²) in [6, 6.07) is 0. The Hall–Kier alpha value is -1.26. The molecule has 0 aromatic carbocycles. The van der Waals surface area contributed by atoms with Crippen molar-refractivity contribution in [1.29, 1.82) is 0 Å². The second kappa shape index (κ2) is 16.0. The van der Waals surface area contributed by atoms with Gasteiger partial charge in [0.25, 0.3) is 0 Å². The molecule has 0 heterocycles. The molecule has 0 atom stereocenters. The van der Waals surface area contributed by atoms with E-state index in [0.717, 1.165) is 32.2 Å². The summed E-state index contributed by atoms with van der Waals surface area (Å²) in [7, 11) is 3.11. The molecular formula is C17H35IN4O4. The van der Waals surface area contributed by atoms with Crippen molar-refractivity contribution in [1.82, 2.24) is 16.0 Å². The normalized spacial score (nSPS) is 11.2. The Balaban J connectivity index is 0. The molecule has 0 spiro atoms. The van der Waals surface area contributed by atoms with Crippen molar-refractivity contribution >= 4 is 42.0 Å². The predicted octanol–water partition coefficient (Wildman–Crippen LogP) is 2.42. The SMILES string of the molecule is CN=C(NCCCCCCC(=O)OC)NCCNC(=O)OC(C)(C)C.I. The number of hydrogen-bond donors (Lipinski definition) is 3. The number of amides is 1. The van der Waals surface area contributed by atoms with Gasteiger partial charge < -0.3 is 25.4 Å². The van der Waals surface area contributed by atoms with Crippen molar-refractivity contribution in [3.05, 3.63) is 0 Å². The number of nitrogens with one attached hydrogen (secondary N) is 3. The molecule has 26 heavy (non-hydrogen) atoms. The second-order valence-electron chi connectivity index (χ2n) is 6.59. The van der Waals surface area contributed by atoms with E-state index < -0.39 is 11.7 Å². The van der Waals surface area contributed by atoms with Crippen LogP contribution in [0.2, 0.25) is 0 Å². The van der Waals surface area contributed by atoms with E-state index in [2.05, 4.69) is 25.7 Å². The van der Waals surface area contributed by atoms with E-state index >= 15 is 0 Å². The smallest absolute Gasteiger partial charge is 0.407 e. The second-order valence-corrected chi connectivity index (χ2v) is 6.59. The highest BCUT2D eigenvalue weighted by Crippen LogP contribution is 2.06. The van der Waals surface area contributed by atoms with Gasteiger partial charge in [-0.25, -0.2) is 4.79 Å². The molecule has 3 N–H and O–H groups in total. The number of carbonyl (C=O) groups excluding carboxylic acids is 2. The van der Waals surface area contributed by atoms with Crippen LogP contribution in [0, 0.1) is 0 Å². The Kier molecular flexibility index (Phi) is 16.5. The van der Waals surface area contributed by atoms with Crippen LogP contribution in [0.5, 0.6) is 0 Å². The number of esters is 1. The molecule has 0 aromatic rings. The molecule has 0 unspecified atom stereocenters. The lowest BCUT2D eigenvalue weighted by molar-refractivity contribution is -0.140. The van der Waals surface area contributed by atoms with Crippen LogP contribution in [0.15, 0.2) is 4.99 Å². The molecule has 0 saturated carbocycles. The van der Waals surface area contributed by atoms with Gasteiger partial charge in [-0.3, -0.25) is 9.79 Å². The van der Waals surface area contributed by atoms with Crippen LogP contribution in [0.3, 0.4) is 0 Å². The molecule has 0 fully saturated rings. The topological polar surface area (TPSA) is 101 Å². The Morgan fingerprint density at radius 3 is 2.08 bits per heavy atom. The van der Waals surface area contributed by atoms with Crippen LogP contribution in [-0.2, 0) is 14.3 Å². The number of ether oxygens (including phenoxy) is 2. The fourth-order valence-electron chi connectivity index (χ4n) is 1.94. The monoisotopic (exact) mass is 486 g/mol. The number of methoxy groups -OCH3 is 1. The van der Waals surface area contributed by atoms with Gasteiger partial charge in [-0.15, -0.1) is 24.0 Å². The number of rotatable bonds is 10. The van der Waals surface area contributed by atoms with Gasteiger partial charge in [-0.2, -0.15) is 0 Å². The zero-order chi connectivity index (χ0) is 19.1. The lowest BCUT2D eigenvalue weighted by atomic mass is 10.1. The maximum Gasteiger partial charge on any atom is 0.407 e.